The van der Waals surface area contributed by atoms with Crippen LogP contribution in [-0.4, -0.2) is 63.2 Å². The van der Waals surface area contributed by atoms with Crippen LogP contribution >= 0.6 is 0 Å². The van der Waals surface area contributed by atoms with Gasteiger partial charge in [-0.3, -0.25) is 0 Å². The fraction of sp³-hybridized carbons (Fsp3) is 0.889. The van der Waals surface area contributed by atoms with Gasteiger partial charge in [0.25, 0.3) is 0 Å². The molecule has 1 aliphatic rings. The third-order valence-electron chi connectivity index (χ3n) is 2.22. The van der Waals surface area contributed by atoms with Crippen LogP contribution in [0.3, 0.4) is 0 Å². The molecule has 0 aromatic rings. The molecule has 1 fully saturated rings. The summed E-state index contributed by atoms with van der Waals surface area (Å²) in [6.07, 6.45) is -7.95. The van der Waals surface area contributed by atoms with Gasteiger partial charge in [-0.2, -0.15) is 0 Å². The van der Waals surface area contributed by atoms with Crippen molar-refractivity contribution in [1.29, 1.82) is 0 Å². The minimum atomic E-state index is -1.68. The highest BCUT2D eigenvalue weighted by atomic mass is 16.7. The highest BCUT2D eigenvalue weighted by molar-refractivity contribution is 5.73. The molecule has 0 unspecified atom stereocenters. The van der Waals surface area contributed by atoms with Gasteiger partial charge >= 0.3 is 5.97 Å². The summed E-state index contributed by atoms with van der Waals surface area (Å²) in [4.78, 5) is 10.7. The minimum absolute atomic E-state index is 0.309. The highest BCUT2D eigenvalue weighted by Gasteiger charge is 2.47. The van der Waals surface area contributed by atoms with Crippen molar-refractivity contribution in [1.82, 2.24) is 0 Å². The molecule has 4 N–H and O–H groups in total. The first kappa shape index (κ1) is 13.3. The molecule has 0 bridgehead atoms. The van der Waals surface area contributed by atoms with E-state index in [0.717, 1.165) is 0 Å². The van der Waals surface area contributed by atoms with Crippen molar-refractivity contribution in [3.05, 3.63) is 0 Å². The maximum absolute atomic E-state index is 10.7. The Bertz CT molecular complexity index is 254. The molecule has 1 heterocycles. The Kier molecular flexibility index (Phi) is 4.22. The Balaban J connectivity index is 2.77. The Morgan fingerprint density at radius 3 is 2.19 bits per heavy atom. The number of hydrogen-bond donors (Lipinski definition) is 4. The normalized spacial score (nSPS) is 40.0. The van der Waals surface area contributed by atoms with Crippen LogP contribution in [0.1, 0.15) is 13.8 Å². The van der Waals surface area contributed by atoms with Crippen LogP contribution in [0.15, 0.2) is 0 Å². The quantitative estimate of drug-likeness (QED) is 0.461. The van der Waals surface area contributed by atoms with Crippen molar-refractivity contribution in [2.45, 2.75) is 50.7 Å². The molecule has 1 aliphatic heterocycles. The third-order valence-corrected chi connectivity index (χ3v) is 2.22. The number of carboxylic acids is 1. The second-order valence-corrected chi connectivity index (χ2v) is 3.92. The molecule has 94 valence electrons. The summed E-state index contributed by atoms with van der Waals surface area (Å²) in [5, 5.41) is 37.0. The van der Waals surface area contributed by atoms with Crippen LogP contribution in [0.5, 0.6) is 0 Å². The lowest BCUT2D eigenvalue weighted by Crippen LogP contribution is -2.60. The number of carboxylic acid groups (broad SMARTS) is 1. The molecule has 0 spiro atoms. The summed E-state index contributed by atoms with van der Waals surface area (Å²) in [7, 11) is 0. The van der Waals surface area contributed by atoms with E-state index in [1.54, 1.807) is 13.8 Å². The highest BCUT2D eigenvalue weighted by Crippen LogP contribution is 2.23. The van der Waals surface area contributed by atoms with E-state index in [2.05, 4.69) is 0 Å². The lowest BCUT2D eigenvalue weighted by atomic mass is 9.99. The first-order valence-electron chi connectivity index (χ1n) is 4.92. The van der Waals surface area contributed by atoms with Gasteiger partial charge in [-0.1, -0.05) is 0 Å². The van der Waals surface area contributed by atoms with E-state index >= 15 is 0 Å². The van der Waals surface area contributed by atoms with E-state index in [9.17, 15) is 20.1 Å². The Hall–Kier alpha value is -0.730. The maximum Gasteiger partial charge on any atom is 0.335 e. The van der Waals surface area contributed by atoms with Crippen LogP contribution in [0.4, 0.5) is 0 Å². The standard InChI is InChI=1S/C9H16O7/c1-3(2)15-9-6(12)4(10)5(11)7(16-9)8(13)14/h3-7,9-12H,1-2H3,(H,13,14)/t4-,5-,6+,7-,9-/m0/s1. The van der Waals surface area contributed by atoms with Gasteiger partial charge in [-0.15, -0.1) is 0 Å². The average molecular weight is 236 g/mol. The van der Waals surface area contributed by atoms with Gasteiger partial charge in [0.1, 0.15) is 18.3 Å². The number of ether oxygens (including phenoxy) is 2. The van der Waals surface area contributed by atoms with E-state index in [1.807, 2.05) is 0 Å². The summed E-state index contributed by atoms with van der Waals surface area (Å²) in [6.45, 7) is 3.34. The first-order chi connectivity index (χ1) is 7.34. The van der Waals surface area contributed by atoms with Crippen LogP contribution in [-0.2, 0) is 14.3 Å². The van der Waals surface area contributed by atoms with Crippen molar-refractivity contribution < 1.29 is 34.7 Å². The number of hydrogen-bond acceptors (Lipinski definition) is 6. The van der Waals surface area contributed by atoms with Crippen molar-refractivity contribution in [3.63, 3.8) is 0 Å². The molecular formula is C9H16O7. The van der Waals surface area contributed by atoms with Gasteiger partial charge in [0, 0.05) is 0 Å². The van der Waals surface area contributed by atoms with Gasteiger partial charge in [-0.05, 0) is 13.8 Å². The summed E-state index contributed by atoms with van der Waals surface area (Å²) in [5.41, 5.74) is 0. The van der Waals surface area contributed by atoms with Gasteiger partial charge in [0.15, 0.2) is 12.4 Å². The second-order valence-electron chi connectivity index (χ2n) is 3.92. The van der Waals surface area contributed by atoms with Crippen LogP contribution in [0.25, 0.3) is 0 Å². The van der Waals surface area contributed by atoms with E-state index < -0.39 is 36.7 Å². The fourth-order valence-corrected chi connectivity index (χ4v) is 1.43. The SMILES string of the molecule is CC(C)O[C@H]1O[C@H](C(=O)O)[C@@H](O)[C@H](O)[C@H]1O. The van der Waals surface area contributed by atoms with Crippen molar-refractivity contribution in [2.24, 2.45) is 0 Å². The van der Waals surface area contributed by atoms with Gasteiger partial charge in [-0.25, -0.2) is 4.79 Å². The zero-order chi connectivity index (χ0) is 12.5. The Morgan fingerprint density at radius 2 is 1.75 bits per heavy atom. The topological polar surface area (TPSA) is 116 Å². The molecule has 1 rings (SSSR count). The van der Waals surface area contributed by atoms with E-state index in [0.29, 0.717) is 0 Å². The molecule has 7 heteroatoms. The molecule has 0 aromatic carbocycles. The molecule has 7 nitrogen and oxygen atoms in total. The average Bonchev–Trinajstić information content (AvgIpc) is 2.18. The summed E-state index contributed by atoms with van der Waals surface area (Å²) in [6, 6.07) is 0. The Labute approximate surface area is 92.2 Å². The van der Waals surface area contributed by atoms with E-state index in [-0.39, 0.29) is 6.10 Å². The second kappa shape index (κ2) is 5.07. The van der Waals surface area contributed by atoms with Gasteiger partial charge in [0.2, 0.25) is 0 Å². The monoisotopic (exact) mass is 236 g/mol. The molecule has 5 atom stereocenters. The molecule has 0 radical (unpaired) electrons. The molecule has 16 heavy (non-hydrogen) atoms. The smallest absolute Gasteiger partial charge is 0.335 e. The van der Waals surface area contributed by atoms with E-state index in [4.69, 9.17) is 14.6 Å². The largest absolute Gasteiger partial charge is 0.479 e. The zero-order valence-electron chi connectivity index (χ0n) is 8.98. The minimum Gasteiger partial charge on any atom is -0.479 e. The Morgan fingerprint density at radius 1 is 1.19 bits per heavy atom. The molecule has 0 amide bonds. The first-order valence-corrected chi connectivity index (χ1v) is 4.92. The summed E-state index contributed by atoms with van der Waals surface area (Å²) in [5.74, 6) is -1.42. The van der Waals surface area contributed by atoms with Gasteiger partial charge in [0.05, 0.1) is 6.10 Å². The zero-order valence-corrected chi connectivity index (χ0v) is 8.98. The van der Waals surface area contributed by atoms with Crippen LogP contribution < -0.4 is 0 Å². The summed E-state index contributed by atoms with van der Waals surface area (Å²) < 4.78 is 9.97. The number of carbonyl (C=O) groups is 1. The molecular weight excluding hydrogens is 220 g/mol. The number of aliphatic hydroxyl groups is 3. The number of rotatable bonds is 3. The number of aliphatic carboxylic acids is 1. The van der Waals surface area contributed by atoms with Gasteiger partial charge < -0.3 is 29.9 Å². The lowest BCUT2D eigenvalue weighted by Gasteiger charge is -2.39. The summed E-state index contributed by atoms with van der Waals surface area (Å²) >= 11 is 0. The van der Waals surface area contributed by atoms with Crippen LogP contribution in [0.2, 0.25) is 0 Å². The predicted molar refractivity (Wildman–Crippen MR) is 50.5 cm³/mol. The van der Waals surface area contributed by atoms with Crippen molar-refractivity contribution in [3.8, 4) is 0 Å². The molecule has 0 aromatic heterocycles. The predicted octanol–water partition coefficient (Wildman–Crippen LogP) is -1.70. The third kappa shape index (κ3) is 2.69. The molecule has 0 saturated carbocycles. The lowest BCUT2D eigenvalue weighted by molar-refractivity contribution is -0.301. The van der Waals surface area contributed by atoms with Crippen molar-refractivity contribution in [2.75, 3.05) is 0 Å². The number of aliphatic hydroxyl groups excluding tert-OH is 3. The molecule has 1 saturated heterocycles. The molecule has 0 aliphatic carbocycles. The van der Waals surface area contributed by atoms with Crippen molar-refractivity contribution >= 4 is 5.97 Å². The van der Waals surface area contributed by atoms with Crippen LogP contribution in [0, 0.1) is 0 Å². The van der Waals surface area contributed by atoms with E-state index in [1.165, 1.54) is 0 Å². The maximum atomic E-state index is 10.7. The fourth-order valence-electron chi connectivity index (χ4n) is 1.43.